The summed E-state index contributed by atoms with van der Waals surface area (Å²) in [6.07, 6.45) is 0.957. The number of benzene rings is 2. The number of aryl methyl sites for hydroxylation is 1. The van der Waals surface area contributed by atoms with Gasteiger partial charge >= 0.3 is 0 Å². The quantitative estimate of drug-likeness (QED) is 0.729. The van der Waals surface area contributed by atoms with Crippen LogP contribution in [-0.2, 0) is 13.0 Å². The van der Waals surface area contributed by atoms with Gasteiger partial charge in [-0.2, -0.15) is 5.26 Å². The van der Waals surface area contributed by atoms with Crippen LogP contribution in [0.1, 0.15) is 22.4 Å². The molecule has 24 heavy (non-hydrogen) atoms. The highest BCUT2D eigenvalue weighted by Crippen LogP contribution is 2.25. The van der Waals surface area contributed by atoms with Crippen molar-refractivity contribution in [2.24, 2.45) is 0 Å². The van der Waals surface area contributed by atoms with Gasteiger partial charge in [-0.25, -0.2) is 0 Å². The van der Waals surface area contributed by atoms with E-state index in [0.29, 0.717) is 11.5 Å². The molecule has 5 heteroatoms. The Labute approximate surface area is 140 Å². The molecule has 0 saturated heterocycles. The molecule has 118 valence electrons. The van der Waals surface area contributed by atoms with Crippen molar-refractivity contribution in [1.82, 2.24) is 15.0 Å². The molecule has 2 heterocycles. The Morgan fingerprint density at radius 2 is 1.88 bits per heavy atom. The fraction of sp³-hybridized carbons (Fsp3) is 0.211. The third-order valence-electron chi connectivity index (χ3n) is 4.36. The zero-order valence-corrected chi connectivity index (χ0v) is 13.5. The van der Waals surface area contributed by atoms with Gasteiger partial charge in [0.15, 0.2) is 5.82 Å². The van der Waals surface area contributed by atoms with Crippen molar-refractivity contribution in [2.75, 3.05) is 11.4 Å². The molecule has 4 rings (SSSR count). The van der Waals surface area contributed by atoms with E-state index in [1.165, 1.54) is 11.1 Å². The summed E-state index contributed by atoms with van der Waals surface area (Å²) in [5.74, 6) is 0.661. The van der Waals surface area contributed by atoms with Gasteiger partial charge in [-0.05, 0) is 42.2 Å². The van der Waals surface area contributed by atoms with Crippen molar-refractivity contribution in [3.63, 3.8) is 0 Å². The third-order valence-corrected chi connectivity index (χ3v) is 4.36. The molecule has 0 N–H and O–H groups in total. The first-order valence-corrected chi connectivity index (χ1v) is 8.01. The number of hydrogen-bond acceptors (Lipinski definition) is 4. The number of anilines is 1. The molecule has 0 fully saturated rings. The van der Waals surface area contributed by atoms with Gasteiger partial charge in [-0.3, -0.25) is 0 Å². The van der Waals surface area contributed by atoms with Crippen LogP contribution in [0.4, 0.5) is 5.82 Å². The maximum absolute atomic E-state index is 9.47. The first-order valence-electron chi connectivity index (χ1n) is 8.01. The molecule has 1 aliphatic rings. The van der Waals surface area contributed by atoms with E-state index >= 15 is 0 Å². The largest absolute Gasteiger partial charge is 0.348 e. The summed E-state index contributed by atoms with van der Waals surface area (Å²) < 4.78 is 0. The number of nitrogens with zero attached hydrogens (tertiary/aromatic N) is 5. The zero-order valence-electron chi connectivity index (χ0n) is 13.5. The minimum atomic E-state index is 0.371. The van der Waals surface area contributed by atoms with Crippen LogP contribution in [0.5, 0.6) is 0 Å². The molecule has 0 atom stereocenters. The molecule has 2 aromatic carbocycles. The fourth-order valence-electron chi connectivity index (χ4n) is 3.13. The lowest BCUT2D eigenvalue weighted by Gasteiger charge is -2.28. The number of fused-ring (bicyclic) bond motifs is 1. The third kappa shape index (κ3) is 2.52. The Morgan fingerprint density at radius 1 is 1.04 bits per heavy atom. The fourth-order valence-corrected chi connectivity index (χ4v) is 3.13. The Kier molecular flexibility index (Phi) is 3.51. The van der Waals surface area contributed by atoms with Crippen LogP contribution in [0.15, 0.2) is 48.5 Å². The van der Waals surface area contributed by atoms with Gasteiger partial charge in [0.1, 0.15) is 6.07 Å². The van der Waals surface area contributed by atoms with Crippen LogP contribution in [0, 0.1) is 18.3 Å². The van der Waals surface area contributed by atoms with Crippen LogP contribution in [-0.4, -0.2) is 21.5 Å². The van der Waals surface area contributed by atoms with Gasteiger partial charge in [0.25, 0.3) is 0 Å². The van der Waals surface area contributed by atoms with Crippen molar-refractivity contribution in [3.05, 3.63) is 70.9 Å². The maximum atomic E-state index is 9.47. The predicted molar refractivity (Wildman–Crippen MR) is 92.0 cm³/mol. The lowest BCUT2D eigenvalue weighted by molar-refractivity contribution is 0.699. The van der Waals surface area contributed by atoms with E-state index < -0.39 is 0 Å². The summed E-state index contributed by atoms with van der Waals surface area (Å²) in [6.45, 7) is 3.64. The van der Waals surface area contributed by atoms with Crippen molar-refractivity contribution >= 4 is 5.82 Å². The molecule has 0 spiro atoms. The Balaban J connectivity index is 1.71. The lowest BCUT2D eigenvalue weighted by atomic mass is 10.00. The van der Waals surface area contributed by atoms with Crippen LogP contribution in [0.2, 0.25) is 0 Å². The molecule has 1 aromatic heterocycles. The highest BCUT2D eigenvalue weighted by Gasteiger charge is 2.22. The van der Waals surface area contributed by atoms with E-state index in [2.05, 4.69) is 45.4 Å². The van der Waals surface area contributed by atoms with E-state index in [1.54, 1.807) is 4.80 Å². The van der Waals surface area contributed by atoms with E-state index in [1.807, 2.05) is 31.2 Å². The first-order chi connectivity index (χ1) is 11.7. The van der Waals surface area contributed by atoms with Crippen molar-refractivity contribution in [2.45, 2.75) is 19.9 Å². The van der Waals surface area contributed by atoms with E-state index in [9.17, 15) is 5.26 Å². The SMILES string of the molecule is Cc1cccc(-n2nc(C#N)c(N3CCc4ccccc4C3)n2)c1. The molecule has 0 amide bonds. The molecule has 0 aliphatic carbocycles. The molecule has 0 radical (unpaired) electrons. The minimum absolute atomic E-state index is 0.371. The first kappa shape index (κ1) is 14.5. The molecule has 3 aromatic rings. The van der Waals surface area contributed by atoms with Crippen LogP contribution >= 0.6 is 0 Å². The molecule has 1 aliphatic heterocycles. The molecule has 0 bridgehead atoms. The Hall–Kier alpha value is -3.13. The summed E-state index contributed by atoms with van der Waals surface area (Å²) in [7, 11) is 0. The van der Waals surface area contributed by atoms with Gasteiger partial charge in [0.2, 0.25) is 5.69 Å². The van der Waals surface area contributed by atoms with Gasteiger partial charge in [0, 0.05) is 13.1 Å². The summed E-state index contributed by atoms with van der Waals surface area (Å²) in [5.41, 5.74) is 5.04. The van der Waals surface area contributed by atoms with Crippen molar-refractivity contribution in [1.29, 1.82) is 5.26 Å². The van der Waals surface area contributed by atoms with E-state index in [-0.39, 0.29) is 0 Å². The van der Waals surface area contributed by atoms with Gasteiger partial charge in [-0.1, -0.05) is 36.4 Å². The Morgan fingerprint density at radius 3 is 2.67 bits per heavy atom. The van der Waals surface area contributed by atoms with Crippen LogP contribution in [0.3, 0.4) is 0 Å². The molecule has 0 unspecified atom stereocenters. The van der Waals surface area contributed by atoms with Gasteiger partial charge in [0.05, 0.1) is 5.69 Å². The minimum Gasteiger partial charge on any atom is -0.348 e. The summed E-state index contributed by atoms with van der Waals surface area (Å²) in [4.78, 5) is 3.70. The lowest BCUT2D eigenvalue weighted by Crippen LogP contribution is -2.31. The molecular formula is C19H17N5. The normalized spacial score (nSPS) is 13.4. The topological polar surface area (TPSA) is 57.7 Å². The van der Waals surface area contributed by atoms with Crippen molar-refractivity contribution in [3.8, 4) is 11.8 Å². The number of hydrogen-bond donors (Lipinski definition) is 0. The summed E-state index contributed by atoms with van der Waals surface area (Å²) in [5, 5.41) is 18.4. The highest BCUT2D eigenvalue weighted by atomic mass is 15.5. The number of rotatable bonds is 2. The second-order valence-electron chi connectivity index (χ2n) is 6.05. The average Bonchev–Trinajstić information content (AvgIpc) is 3.06. The van der Waals surface area contributed by atoms with E-state index in [0.717, 1.165) is 30.8 Å². The average molecular weight is 315 g/mol. The number of aromatic nitrogens is 3. The molecule has 0 saturated carbocycles. The Bertz CT molecular complexity index is 935. The van der Waals surface area contributed by atoms with E-state index in [4.69, 9.17) is 0 Å². The zero-order chi connectivity index (χ0) is 16.5. The monoisotopic (exact) mass is 315 g/mol. The molecule has 5 nitrogen and oxygen atoms in total. The van der Waals surface area contributed by atoms with Gasteiger partial charge < -0.3 is 4.90 Å². The maximum Gasteiger partial charge on any atom is 0.207 e. The standard InChI is InChI=1S/C19H17N5/c1-14-5-4-8-17(11-14)24-21-18(12-20)19(22-24)23-10-9-15-6-2-3-7-16(15)13-23/h2-8,11H,9-10,13H2,1H3. The van der Waals surface area contributed by atoms with Gasteiger partial charge in [-0.15, -0.1) is 15.0 Å². The smallest absolute Gasteiger partial charge is 0.207 e. The predicted octanol–water partition coefficient (Wildman–Crippen LogP) is 3.01. The highest BCUT2D eigenvalue weighted by molar-refractivity contribution is 5.52. The summed E-state index contributed by atoms with van der Waals surface area (Å²) in [6, 6.07) is 18.6. The summed E-state index contributed by atoms with van der Waals surface area (Å²) >= 11 is 0. The second-order valence-corrected chi connectivity index (χ2v) is 6.05. The molecular weight excluding hydrogens is 298 g/mol. The van der Waals surface area contributed by atoms with Crippen LogP contribution < -0.4 is 4.90 Å². The second kappa shape index (κ2) is 5.82. The van der Waals surface area contributed by atoms with Crippen molar-refractivity contribution < 1.29 is 0 Å². The van der Waals surface area contributed by atoms with Crippen LogP contribution in [0.25, 0.3) is 5.69 Å². The number of nitriles is 1.